The smallest absolute Gasteiger partial charge is 0.289 e. The Bertz CT molecular complexity index is 1070. The molecule has 2 aromatic carbocycles. The third kappa shape index (κ3) is 3.44. The van der Waals surface area contributed by atoms with E-state index < -0.39 is 0 Å². The fourth-order valence-corrected chi connectivity index (χ4v) is 3.84. The second-order valence-corrected chi connectivity index (χ2v) is 7.42. The minimum Gasteiger partial charge on any atom is -0.451 e. The number of anilines is 1. The predicted molar refractivity (Wildman–Crippen MR) is 110 cm³/mol. The first kappa shape index (κ1) is 18.4. The molecule has 6 heteroatoms. The lowest BCUT2D eigenvalue weighted by molar-refractivity contribution is 0.0736. The summed E-state index contributed by atoms with van der Waals surface area (Å²) in [6.07, 6.45) is 0.872. The number of carbonyl (C=O) groups excluding carboxylic acids is 1. The zero-order valence-corrected chi connectivity index (χ0v) is 16.4. The Morgan fingerprint density at radius 3 is 2.64 bits per heavy atom. The number of hydrogen-bond donors (Lipinski definition) is 0. The molecule has 1 aromatic heterocycles. The van der Waals surface area contributed by atoms with Crippen molar-refractivity contribution in [3.8, 4) is 6.07 Å². The molecular formula is C22H20ClN3O2. The molecule has 1 saturated heterocycles. The van der Waals surface area contributed by atoms with E-state index in [4.69, 9.17) is 21.3 Å². The minimum absolute atomic E-state index is 0.0773. The van der Waals surface area contributed by atoms with E-state index in [1.54, 1.807) is 12.1 Å². The highest BCUT2D eigenvalue weighted by atomic mass is 35.5. The molecule has 0 atom stereocenters. The molecule has 1 fully saturated rings. The molecule has 4 rings (SSSR count). The Morgan fingerprint density at radius 2 is 1.89 bits per heavy atom. The summed E-state index contributed by atoms with van der Waals surface area (Å²) in [5.41, 5.74) is 3.23. The summed E-state index contributed by atoms with van der Waals surface area (Å²) in [4.78, 5) is 17.2. The van der Waals surface area contributed by atoms with Gasteiger partial charge in [-0.15, -0.1) is 0 Å². The highest BCUT2D eigenvalue weighted by Gasteiger charge is 2.25. The minimum atomic E-state index is -0.0773. The normalized spacial score (nSPS) is 14.8. The number of halogens is 1. The first-order chi connectivity index (χ1) is 13.6. The maximum absolute atomic E-state index is 13.1. The number of fused-ring (bicyclic) bond motifs is 1. The van der Waals surface area contributed by atoms with Crippen molar-refractivity contribution >= 4 is 34.2 Å². The van der Waals surface area contributed by atoms with Crippen molar-refractivity contribution in [3.63, 3.8) is 0 Å². The number of amides is 1. The first-order valence-electron chi connectivity index (χ1n) is 9.30. The van der Waals surface area contributed by atoms with Crippen molar-refractivity contribution in [2.45, 2.75) is 13.3 Å². The van der Waals surface area contributed by atoms with Crippen molar-refractivity contribution in [1.29, 1.82) is 5.26 Å². The molecule has 0 aliphatic carbocycles. The van der Waals surface area contributed by atoms with Crippen LogP contribution >= 0.6 is 11.6 Å². The molecule has 0 N–H and O–H groups in total. The zero-order chi connectivity index (χ0) is 19.7. The van der Waals surface area contributed by atoms with Gasteiger partial charge in [0.25, 0.3) is 5.91 Å². The molecule has 0 unspecified atom stereocenters. The largest absolute Gasteiger partial charge is 0.451 e. The lowest BCUT2D eigenvalue weighted by Crippen LogP contribution is -2.35. The Labute approximate surface area is 168 Å². The highest BCUT2D eigenvalue weighted by molar-refractivity contribution is 6.31. The Balaban J connectivity index is 1.52. The van der Waals surface area contributed by atoms with E-state index in [2.05, 4.69) is 11.0 Å². The van der Waals surface area contributed by atoms with Crippen LogP contribution in [-0.4, -0.2) is 37.0 Å². The fourth-order valence-electron chi connectivity index (χ4n) is 3.67. The summed E-state index contributed by atoms with van der Waals surface area (Å²) >= 11 is 6.08. The number of aryl methyl sites for hydroxylation is 1. The van der Waals surface area contributed by atoms with Gasteiger partial charge in [-0.3, -0.25) is 4.79 Å². The van der Waals surface area contributed by atoms with Crippen LogP contribution in [0.3, 0.4) is 0 Å². The van der Waals surface area contributed by atoms with Gasteiger partial charge in [0.05, 0.1) is 11.6 Å². The van der Waals surface area contributed by atoms with E-state index in [0.717, 1.165) is 36.1 Å². The van der Waals surface area contributed by atoms with E-state index in [1.165, 1.54) is 0 Å². The van der Waals surface area contributed by atoms with E-state index in [0.29, 0.717) is 35.0 Å². The lowest BCUT2D eigenvalue weighted by atomic mass is 10.1. The van der Waals surface area contributed by atoms with Gasteiger partial charge in [-0.1, -0.05) is 11.6 Å². The van der Waals surface area contributed by atoms with Crippen LogP contribution in [0, 0.1) is 18.3 Å². The van der Waals surface area contributed by atoms with Gasteiger partial charge in [0.2, 0.25) is 0 Å². The van der Waals surface area contributed by atoms with Crippen LogP contribution in [0.4, 0.5) is 5.69 Å². The number of rotatable bonds is 2. The van der Waals surface area contributed by atoms with E-state index in [1.807, 2.05) is 42.2 Å². The van der Waals surface area contributed by atoms with Crippen LogP contribution in [0.15, 0.2) is 46.9 Å². The molecular weight excluding hydrogens is 374 g/mol. The van der Waals surface area contributed by atoms with Gasteiger partial charge >= 0.3 is 0 Å². The van der Waals surface area contributed by atoms with E-state index >= 15 is 0 Å². The van der Waals surface area contributed by atoms with E-state index in [-0.39, 0.29) is 5.91 Å². The van der Waals surface area contributed by atoms with Crippen molar-refractivity contribution in [3.05, 3.63) is 64.4 Å². The van der Waals surface area contributed by atoms with Crippen molar-refractivity contribution in [1.82, 2.24) is 4.90 Å². The number of nitrogens with zero attached hydrogens (tertiary/aromatic N) is 3. The van der Waals surface area contributed by atoms with Crippen LogP contribution < -0.4 is 4.90 Å². The number of furan rings is 1. The summed E-state index contributed by atoms with van der Waals surface area (Å²) in [5.74, 6) is 0.315. The first-order valence-corrected chi connectivity index (χ1v) is 9.67. The third-order valence-corrected chi connectivity index (χ3v) is 5.47. The molecule has 0 saturated carbocycles. The molecule has 0 bridgehead atoms. The van der Waals surface area contributed by atoms with Crippen LogP contribution in [-0.2, 0) is 0 Å². The van der Waals surface area contributed by atoms with Crippen molar-refractivity contribution in [2.75, 3.05) is 31.1 Å². The van der Waals surface area contributed by atoms with E-state index in [9.17, 15) is 4.79 Å². The quantitative estimate of drug-likeness (QED) is 0.637. The van der Waals surface area contributed by atoms with Gasteiger partial charge in [0.15, 0.2) is 5.76 Å². The average molecular weight is 394 g/mol. The fraction of sp³-hybridized carbons (Fsp3) is 0.273. The van der Waals surface area contributed by atoms with Crippen LogP contribution in [0.2, 0.25) is 5.02 Å². The number of benzene rings is 2. The van der Waals surface area contributed by atoms with Gasteiger partial charge in [0.1, 0.15) is 5.58 Å². The van der Waals surface area contributed by atoms with Crippen LogP contribution in [0.5, 0.6) is 0 Å². The molecule has 28 heavy (non-hydrogen) atoms. The molecule has 1 amide bonds. The lowest BCUT2D eigenvalue weighted by Gasteiger charge is -2.23. The molecule has 5 nitrogen and oxygen atoms in total. The number of nitriles is 1. The monoisotopic (exact) mass is 393 g/mol. The van der Waals surface area contributed by atoms with Crippen molar-refractivity contribution < 1.29 is 9.21 Å². The molecule has 1 aliphatic rings. The SMILES string of the molecule is Cc1c(C(=O)N2CCCN(c3ccc(C#N)cc3)CC2)oc2ccc(Cl)cc12. The molecule has 0 spiro atoms. The molecule has 2 heterocycles. The zero-order valence-electron chi connectivity index (χ0n) is 15.6. The van der Waals surface area contributed by atoms with Gasteiger partial charge in [-0.2, -0.15) is 5.26 Å². The van der Waals surface area contributed by atoms with Gasteiger partial charge < -0.3 is 14.2 Å². The number of hydrogen-bond acceptors (Lipinski definition) is 4. The van der Waals surface area contributed by atoms with Gasteiger partial charge in [0, 0.05) is 47.8 Å². The van der Waals surface area contributed by atoms with Gasteiger partial charge in [-0.25, -0.2) is 0 Å². The van der Waals surface area contributed by atoms with Crippen LogP contribution in [0.25, 0.3) is 11.0 Å². The Morgan fingerprint density at radius 1 is 1.11 bits per heavy atom. The molecule has 0 radical (unpaired) electrons. The Kier molecular flexibility index (Phi) is 4.97. The maximum atomic E-state index is 13.1. The summed E-state index contributed by atoms with van der Waals surface area (Å²) in [7, 11) is 0. The Hall–Kier alpha value is -2.97. The van der Waals surface area contributed by atoms with Crippen LogP contribution in [0.1, 0.15) is 28.1 Å². The molecule has 142 valence electrons. The predicted octanol–water partition coefficient (Wildman–Crippen LogP) is 4.62. The topological polar surface area (TPSA) is 60.5 Å². The van der Waals surface area contributed by atoms with Gasteiger partial charge in [-0.05, 0) is 55.8 Å². The second kappa shape index (κ2) is 7.57. The highest BCUT2D eigenvalue weighted by Crippen LogP contribution is 2.29. The molecule has 3 aromatic rings. The third-order valence-electron chi connectivity index (χ3n) is 5.24. The summed E-state index contributed by atoms with van der Waals surface area (Å²) in [6.45, 7) is 4.81. The summed E-state index contributed by atoms with van der Waals surface area (Å²) < 4.78 is 5.85. The standard InChI is InChI=1S/C22H20ClN3O2/c1-15-19-13-17(23)5-8-20(19)28-21(15)22(27)26-10-2-9-25(11-12-26)18-6-3-16(14-24)4-7-18/h3-8,13H,2,9-12H2,1H3. The maximum Gasteiger partial charge on any atom is 0.289 e. The average Bonchev–Trinajstić information content (AvgIpc) is 2.89. The molecule has 1 aliphatic heterocycles. The summed E-state index contributed by atoms with van der Waals surface area (Å²) in [5, 5.41) is 10.5. The number of carbonyl (C=O) groups is 1. The summed E-state index contributed by atoms with van der Waals surface area (Å²) in [6, 6.07) is 15.1. The second-order valence-electron chi connectivity index (χ2n) is 6.99. The van der Waals surface area contributed by atoms with Crippen molar-refractivity contribution in [2.24, 2.45) is 0 Å².